The van der Waals surface area contributed by atoms with Crippen molar-refractivity contribution in [2.75, 3.05) is 6.54 Å². The molecule has 7 heteroatoms. The van der Waals surface area contributed by atoms with Crippen molar-refractivity contribution < 1.29 is 9.59 Å². The summed E-state index contributed by atoms with van der Waals surface area (Å²) in [5, 5.41) is 11.1. The van der Waals surface area contributed by atoms with Gasteiger partial charge < -0.3 is 16.0 Å². The highest BCUT2D eigenvalue weighted by atomic mass is 16.2. The first-order valence-corrected chi connectivity index (χ1v) is 7.05. The summed E-state index contributed by atoms with van der Waals surface area (Å²) in [5.74, 6) is -0.180. The molecule has 1 unspecified atom stereocenters. The molecule has 0 bridgehead atoms. The lowest BCUT2D eigenvalue weighted by atomic mass is 10.0. The van der Waals surface area contributed by atoms with Gasteiger partial charge in [0.15, 0.2) is 0 Å². The molecule has 1 aromatic rings. The van der Waals surface area contributed by atoms with E-state index in [4.69, 9.17) is 11.0 Å². The third-order valence-electron chi connectivity index (χ3n) is 3.10. The van der Waals surface area contributed by atoms with Gasteiger partial charge in [0.1, 0.15) is 12.6 Å². The van der Waals surface area contributed by atoms with E-state index in [1.54, 1.807) is 24.5 Å². The molecule has 0 aromatic carbocycles. The molecule has 0 radical (unpaired) electrons. The van der Waals surface area contributed by atoms with Gasteiger partial charge >= 0.3 is 6.03 Å². The molecule has 22 heavy (non-hydrogen) atoms. The Morgan fingerprint density at radius 3 is 2.55 bits per heavy atom. The Labute approximate surface area is 130 Å². The van der Waals surface area contributed by atoms with Crippen molar-refractivity contribution in [3.8, 4) is 6.07 Å². The number of amides is 3. The van der Waals surface area contributed by atoms with Crippen LogP contribution in [0.25, 0.3) is 0 Å². The number of urea groups is 1. The SMILES string of the molecule is CC(C)CC(C(=O)NCC#N)N(Cc1ccncc1)C(N)=O. The molecular formula is C15H21N5O2. The van der Waals surface area contributed by atoms with Gasteiger partial charge in [-0.25, -0.2) is 4.79 Å². The van der Waals surface area contributed by atoms with Crippen LogP contribution in [0.15, 0.2) is 24.5 Å². The van der Waals surface area contributed by atoms with Gasteiger partial charge in [-0.3, -0.25) is 9.78 Å². The number of rotatable bonds is 7. The number of carbonyl (C=O) groups excluding carboxylic acids is 2. The Hall–Kier alpha value is -2.62. The second-order valence-corrected chi connectivity index (χ2v) is 5.34. The van der Waals surface area contributed by atoms with Crippen LogP contribution >= 0.6 is 0 Å². The number of hydrogen-bond acceptors (Lipinski definition) is 4. The summed E-state index contributed by atoms with van der Waals surface area (Å²) < 4.78 is 0. The van der Waals surface area contributed by atoms with Crippen LogP contribution in [0.2, 0.25) is 0 Å². The molecule has 1 aromatic heterocycles. The van der Waals surface area contributed by atoms with Crippen molar-refractivity contribution in [3.05, 3.63) is 30.1 Å². The molecule has 118 valence electrons. The summed E-state index contributed by atoms with van der Waals surface area (Å²) in [5.41, 5.74) is 6.28. The highest BCUT2D eigenvalue weighted by molar-refractivity contribution is 5.86. The molecule has 0 saturated heterocycles. The largest absolute Gasteiger partial charge is 0.351 e. The lowest BCUT2D eigenvalue weighted by molar-refractivity contribution is -0.125. The smallest absolute Gasteiger partial charge is 0.315 e. The highest BCUT2D eigenvalue weighted by Crippen LogP contribution is 2.15. The molecule has 3 N–H and O–H groups in total. The van der Waals surface area contributed by atoms with Crippen LogP contribution in [0.3, 0.4) is 0 Å². The van der Waals surface area contributed by atoms with Crippen LogP contribution in [-0.2, 0) is 11.3 Å². The molecule has 0 saturated carbocycles. The van der Waals surface area contributed by atoms with Gasteiger partial charge in [0.25, 0.3) is 0 Å². The standard InChI is InChI=1S/C15H21N5O2/c1-11(2)9-13(14(21)19-8-5-16)20(15(17)22)10-12-3-6-18-7-4-12/h3-4,6-7,11,13H,8-10H2,1-2H3,(H2,17,22)(H,19,21). The van der Waals surface area contributed by atoms with Crippen molar-refractivity contribution in [2.45, 2.75) is 32.9 Å². The lowest BCUT2D eigenvalue weighted by Crippen LogP contribution is -2.51. The fourth-order valence-corrected chi connectivity index (χ4v) is 2.09. The first-order chi connectivity index (χ1) is 10.5. The fourth-order valence-electron chi connectivity index (χ4n) is 2.09. The highest BCUT2D eigenvalue weighted by Gasteiger charge is 2.29. The quantitative estimate of drug-likeness (QED) is 0.732. The molecule has 1 rings (SSSR count). The number of aromatic nitrogens is 1. The average Bonchev–Trinajstić information content (AvgIpc) is 2.48. The molecule has 0 aliphatic heterocycles. The summed E-state index contributed by atoms with van der Waals surface area (Å²) in [7, 11) is 0. The number of pyridine rings is 1. The molecule has 0 fully saturated rings. The van der Waals surface area contributed by atoms with E-state index in [1.807, 2.05) is 19.9 Å². The number of primary amides is 1. The van der Waals surface area contributed by atoms with Gasteiger partial charge in [-0.15, -0.1) is 0 Å². The minimum Gasteiger partial charge on any atom is -0.351 e. The van der Waals surface area contributed by atoms with Crippen LogP contribution in [0.4, 0.5) is 4.79 Å². The lowest BCUT2D eigenvalue weighted by Gasteiger charge is -2.30. The number of nitrogens with one attached hydrogen (secondary N) is 1. The van der Waals surface area contributed by atoms with Gasteiger partial charge in [0, 0.05) is 18.9 Å². The van der Waals surface area contributed by atoms with Gasteiger partial charge in [0.2, 0.25) is 5.91 Å². The van der Waals surface area contributed by atoms with E-state index < -0.39 is 12.1 Å². The van der Waals surface area contributed by atoms with Crippen LogP contribution < -0.4 is 11.1 Å². The van der Waals surface area contributed by atoms with Gasteiger partial charge in [0.05, 0.1) is 6.07 Å². The second-order valence-electron chi connectivity index (χ2n) is 5.34. The van der Waals surface area contributed by atoms with Crippen molar-refractivity contribution in [1.82, 2.24) is 15.2 Å². The predicted octanol–water partition coefficient (Wildman–Crippen LogP) is 1.02. The first-order valence-electron chi connectivity index (χ1n) is 7.05. The molecule has 3 amide bonds. The maximum atomic E-state index is 12.2. The van der Waals surface area contributed by atoms with E-state index in [0.717, 1.165) is 5.56 Å². The van der Waals surface area contributed by atoms with E-state index in [1.165, 1.54) is 4.90 Å². The summed E-state index contributed by atoms with van der Waals surface area (Å²) in [6, 6.07) is 3.99. The molecule has 7 nitrogen and oxygen atoms in total. The summed E-state index contributed by atoms with van der Waals surface area (Å²) in [4.78, 5) is 29.3. The Balaban J connectivity index is 2.96. The van der Waals surface area contributed by atoms with Crippen molar-refractivity contribution in [1.29, 1.82) is 5.26 Å². The zero-order chi connectivity index (χ0) is 16.5. The normalized spacial score (nSPS) is 11.5. The van der Waals surface area contributed by atoms with E-state index in [-0.39, 0.29) is 24.9 Å². The third-order valence-corrected chi connectivity index (χ3v) is 3.10. The molecule has 1 atom stereocenters. The molecule has 0 spiro atoms. The first kappa shape index (κ1) is 17.4. The Morgan fingerprint density at radius 1 is 1.41 bits per heavy atom. The Kier molecular flexibility index (Phi) is 6.83. The van der Waals surface area contributed by atoms with E-state index in [0.29, 0.717) is 6.42 Å². The summed E-state index contributed by atoms with van der Waals surface area (Å²) in [6.07, 6.45) is 3.69. The van der Waals surface area contributed by atoms with Gasteiger partial charge in [-0.1, -0.05) is 13.8 Å². The molecule has 0 aliphatic rings. The minimum absolute atomic E-state index is 0.102. The topological polar surface area (TPSA) is 112 Å². The number of nitrogens with two attached hydrogens (primary N) is 1. The minimum atomic E-state index is -0.709. The van der Waals surface area contributed by atoms with Crippen LogP contribution in [-0.4, -0.2) is 34.4 Å². The Morgan fingerprint density at radius 2 is 2.05 bits per heavy atom. The number of nitriles is 1. The van der Waals surface area contributed by atoms with Crippen LogP contribution in [0.5, 0.6) is 0 Å². The van der Waals surface area contributed by atoms with Crippen molar-refractivity contribution in [3.63, 3.8) is 0 Å². The van der Waals surface area contributed by atoms with Gasteiger partial charge in [-0.2, -0.15) is 5.26 Å². The van der Waals surface area contributed by atoms with Crippen LogP contribution in [0.1, 0.15) is 25.8 Å². The Bertz CT molecular complexity index is 539. The number of carbonyl (C=O) groups is 2. The summed E-state index contributed by atoms with van der Waals surface area (Å²) in [6.45, 7) is 4.02. The maximum Gasteiger partial charge on any atom is 0.315 e. The van der Waals surface area contributed by atoms with Crippen LogP contribution in [0, 0.1) is 17.2 Å². The van der Waals surface area contributed by atoms with Crippen molar-refractivity contribution in [2.24, 2.45) is 11.7 Å². The maximum absolute atomic E-state index is 12.2. The zero-order valence-electron chi connectivity index (χ0n) is 12.8. The van der Waals surface area contributed by atoms with Gasteiger partial charge in [-0.05, 0) is 30.0 Å². The molecule has 0 aliphatic carbocycles. The molecular weight excluding hydrogens is 282 g/mol. The number of nitrogens with zero attached hydrogens (tertiary/aromatic N) is 3. The predicted molar refractivity (Wildman–Crippen MR) is 81.2 cm³/mol. The average molecular weight is 303 g/mol. The molecule has 1 heterocycles. The van der Waals surface area contributed by atoms with E-state index >= 15 is 0 Å². The number of hydrogen-bond donors (Lipinski definition) is 2. The third kappa shape index (κ3) is 5.40. The van der Waals surface area contributed by atoms with E-state index in [2.05, 4.69) is 10.3 Å². The monoisotopic (exact) mass is 303 g/mol. The fraction of sp³-hybridized carbons (Fsp3) is 0.467. The van der Waals surface area contributed by atoms with Crippen molar-refractivity contribution >= 4 is 11.9 Å². The summed E-state index contributed by atoms with van der Waals surface area (Å²) >= 11 is 0. The second kappa shape index (κ2) is 8.62. The zero-order valence-corrected chi connectivity index (χ0v) is 12.8. The van der Waals surface area contributed by atoms with E-state index in [9.17, 15) is 9.59 Å².